The van der Waals surface area contributed by atoms with Crippen molar-refractivity contribution in [3.05, 3.63) is 34.9 Å². The third-order valence-corrected chi connectivity index (χ3v) is 5.48. The van der Waals surface area contributed by atoms with E-state index in [1.165, 1.54) is 47.6 Å². The van der Waals surface area contributed by atoms with Gasteiger partial charge < -0.3 is 5.11 Å². The van der Waals surface area contributed by atoms with Gasteiger partial charge in [-0.05, 0) is 70.9 Å². The molecule has 0 unspecified atom stereocenters. The molecular formula is C16H22F3NO3S. The van der Waals surface area contributed by atoms with Gasteiger partial charge in [-0.2, -0.15) is 17.6 Å². The van der Waals surface area contributed by atoms with Crippen molar-refractivity contribution in [3.8, 4) is 0 Å². The van der Waals surface area contributed by atoms with Crippen molar-refractivity contribution in [1.29, 1.82) is 0 Å². The molecule has 0 saturated heterocycles. The van der Waals surface area contributed by atoms with Crippen molar-refractivity contribution in [2.45, 2.75) is 58.1 Å². The zero-order chi connectivity index (χ0) is 19.1. The van der Waals surface area contributed by atoms with Gasteiger partial charge in [-0.3, -0.25) is 0 Å². The topological polar surface area (TPSA) is 66.7 Å². The molecule has 0 bridgehead atoms. The predicted octanol–water partition coefficient (Wildman–Crippen LogP) is 3.87. The summed E-state index contributed by atoms with van der Waals surface area (Å²) in [6.45, 7) is 8.39. The summed E-state index contributed by atoms with van der Waals surface area (Å²) in [4.78, 5) is 0. The highest BCUT2D eigenvalue weighted by molar-refractivity contribution is 7.91. The van der Waals surface area contributed by atoms with Crippen molar-refractivity contribution in [2.24, 2.45) is 4.40 Å². The maximum absolute atomic E-state index is 13.1. The molecule has 0 aliphatic heterocycles. The molecule has 0 spiro atoms. The number of sulfonamides is 1. The van der Waals surface area contributed by atoms with Crippen LogP contribution in [0.2, 0.25) is 0 Å². The highest BCUT2D eigenvalue weighted by Gasteiger charge is 2.33. The molecule has 0 amide bonds. The first kappa shape index (κ1) is 20.6. The Morgan fingerprint density at radius 2 is 1.46 bits per heavy atom. The standard InChI is InChI=1S/C16H22F3NO3S/c1-10(20-24(22,23)14(2,3)4)11-7-12(15(5,6)21)9-13(8-11)16(17,18)19/h7-9,21H,1-6H3. The average Bonchev–Trinajstić information content (AvgIpc) is 2.34. The van der Waals surface area contributed by atoms with E-state index in [1.54, 1.807) is 0 Å². The fourth-order valence-electron chi connectivity index (χ4n) is 1.72. The third-order valence-electron chi connectivity index (χ3n) is 3.42. The zero-order valence-electron chi connectivity index (χ0n) is 14.5. The molecule has 0 atom stereocenters. The minimum absolute atomic E-state index is 0.00484. The number of aliphatic hydroxyl groups is 1. The van der Waals surface area contributed by atoms with Crippen LogP contribution in [0.15, 0.2) is 22.6 Å². The highest BCUT2D eigenvalue weighted by atomic mass is 32.2. The molecule has 1 rings (SSSR count). The fraction of sp³-hybridized carbons (Fsp3) is 0.562. The van der Waals surface area contributed by atoms with E-state index in [0.29, 0.717) is 0 Å². The molecule has 0 saturated carbocycles. The summed E-state index contributed by atoms with van der Waals surface area (Å²) >= 11 is 0. The summed E-state index contributed by atoms with van der Waals surface area (Å²) in [6.07, 6.45) is -4.63. The number of alkyl halides is 3. The first-order valence-corrected chi connectivity index (χ1v) is 8.66. The van der Waals surface area contributed by atoms with Gasteiger partial charge in [0.05, 0.1) is 21.6 Å². The molecule has 0 aliphatic rings. The quantitative estimate of drug-likeness (QED) is 0.827. The normalized spacial score (nSPS) is 14.8. The minimum Gasteiger partial charge on any atom is -0.386 e. The number of nitrogens with zero attached hydrogens (tertiary/aromatic N) is 1. The Morgan fingerprint density at radius 1 is 1.00 bits per heavy atom. The maximum Gasteiger partial charge on any atom is 0.416 e. The molecule has 0 aromatic heterocycles. The second kappa shape index (κ2) is 6.15. The number of hydrogen-bond acceptors (Lipinski definition) is 3. The van der Waals surface area contributed by atoms with Gasteiger partial charge in [-0.15, -0.1) is 0 Å². The Kier molecular flexibility index (Phi) is 5.28. The van der Waals surface area contributed by atoms with Crippen molar-refractivity contribution in [2.75, 3.05) is 0 Å². The summed E-state index contributed by atoms with van der Waals surface area (Å²) < 4.78 is 66.0. The van der Waals surface area contributed by atoms with E-state index in [-0.39, 0.29) is 16.8 Å². The van der Waals surface area contributed by atoms with Crippen LogP contribution in [0, 0.1) is 0 Å². The van der Waals surface area contributed by atoms with Gasteiger partial charge in [-0.1, -0.05) is 0 Å². The number of hydrogen-bond donors (Lipinski definition) is 1. The Balaban J connectivity index is 3.60. The van der Waals surface area contributed by atoms with E-state index in [2.05, 4.69) is 4.40 Å². The van der Waals surface area contributed by atoms with Crippen molar-refractivity contribution < 1.29 is 26.7 Å². The largest absolute Gasteiger partial charge is 0.416 e. The van der Waals surface area contributed by atoms with Crippen LogP contribution in [0.3, 0.4) is 0 Å². The van der Waals surface area contributed by atoms with Gasteiger partial charge in [0.15, 0.2) is 0 Å². The lowest BCUT2D eigenvalue weighted by Crippen LogP contribution is -2.27. The SMILES string of the molecule is CC(=NS(=O)(=O)C(C)(C)C)c1cc(C(C)(C)O)cc(C(F)(F)F)c1. The highest BCUT2D eigenvalue weighted by Crippen LogP contribution is 2.33. The number of rotatable bonds is 3. The average molecular weight is 365 g/mol. The molecule has 1 aromatic rings. The van der Waals surface area contributed by atoms with Gasteiger partial charge in [-0.25, -0.2) is 8.42 Å². The fourth-order valence-corrected chi connectivity index (χ4v) is 2.46. The van der Waals surface area contributed by atoms with E-state index in [0.717, 1.165) is 12.1 Å². The molecule has 1 N–H and O–H groups in total. The summed E-state index contributed by atoms with van der Waals surface area (Å²) in [7, 11) is -3.90. The van der Waals surface area contributed by atoms with Crippen LogP contribution in [-0.2, 0) is 21.8 Å². The number of benzene rings is 1. The van der Waals surface area contributed by atoms with Crippen LogP contribution in [0.4, 0.5) is 13.2 Å². The Labute approximate surface area is 140 Å². The van der Waals surface area contributed by atoms with E-state index < -0.39 is 32.1 Å². The first-order chi connectivity index (χ1) is 10.4. The van der Waals surface area contributed by atoms with Crippen LogP contribution in [0.5, 0.6) is 0 Å². The Morgan fingerprint density at radius 3 is 1.83 bits per heavy atom. The van der Waals surface area contributed by atoms with Crippen LogP contribution in [0.1, 0.15) is 58.2 Å². The zero-order valence-corrected chi connectivity index (χ0v) is 15.3. The maximum atomic E-state index is 13.1. The van der Waals surface area contributed by atoms with Gasteiger partial charge in [0.25, 0.3) is 10.0 Å². The summed E-state index contributed by atoms with van der Waals surface area (Å²) in [5.41, 5.74) is -2.54. The Bertz CT molecular complexity index is 720. The van der Waals surface area contributed by atoms with E-state index in [1.807, 2.05) is 0 Å². The van der Waals surface area contributed by atoms with Gasteiger partial charge in [0.1, 0.15) is 0 Å². The lowest BCUT2D eigenvalue weighted by molar-refractivity contribution is -0.137. The molecule has 136 valence electrons. The van der Waals surface area contributed by atoms with Gasteiger partial charge in [0, 0.05) is 0 Å². The monoisotopic (exact) mass is 365 g/mol. The molecule has 0 heterocycles. The molecule has 0 fully saturated rings. The predicted molar refractivity (Wildman–Crippen MR) is 87.6 cm³/mol. The summed E-state index contributed by atoms with van der Waals surface area (Å²) in [6, 6.07) is 2.98. The van der Waals surface area contributed by atoms with Crippen LogP contribution in [0.25, 0.3) is 0 Å². The lowest BCUT2D eigenvalue weighted by atomic mass is 9.93. The second-order valence-electron chi connectivity index (χ2n) is 7.12. The first-order valence-electron chi connectivity index (χ1n) is 7.22. The molecule has 4 nitrogen and oxygen atoms in total. The number of halogens is 3. The summed E-state index contributed by atoms with van der Waals surface area (Å²) in [5.74, 6) is 0. The van der Waals surface area contributed by atoms with E-state index in [4.69, 9.17) is 0 Å². The van der Waals surface area contributed by atoms with Crippen LogP contribution >= 0.6 is 0 Å². The molecule has 8 heteroatoms. The van der Waals surface area contributed by atoms with E-state index >= 15 is 0 Å². The molecule has 0 aliphatic carbocycles. The lowest BCUT2D eigenvalue weighted by Gasteiger charge is -2.21. The minimum atomic E-state index is -4.63. The third kappa shape index (κ3) is 4.80. The van der Waals surface area contributed by atoms with Gasteiger partial charge >= 0.3 is 6.18 Å². The Hall–Kier alpha value is -1.41. The van der Waals surface area contributed by atoms with Crippen molar-refractivity contribution in [3.63, 3.8) is 0 Å². The smallest absolute Gasteiger partial charge is 0.386 e. The molecule has 24 heavy (non-hydrogen) atoms. The van der Waals surface area contributed by atoms with Gasteiger partial charge in [0.2, 0.25) is 0 Å². The summed E-state index contributed by atoms with van der Waals surface area (Å²) in [5, 5.41) is 10.0. The van der Waals surface area contributed by atoms with Crippen molar-refractivity contribution in [1.82, 2.24) is 0 Å². The molecule has 1 aromatic carbocycles. The van der Waals surface area contributed by atoms with Crippen LogP contribution in [-0.4, -0.2) is 24.0 Å². The molecule has 0 radical (unpaired) electrons. The second-order valence-corrected chi connectivity index (χ2v) is 9.48. The van der Waals surface area contributed by atoms with Crippen molar-refractivity contribution >= 4 is 15.7 Å². The van der Waals surface area contributed by atoms with Crippen LogP contribution < -0.4 is 0 Å². The van der Waals surface area contributed by atoms with E-state index in [9.17, 15) is 26.7 Å². The molecular weight excluding hydrogens is 343 g/mol.